The molecule has 3 nitrogen and oxygen atoms in total. The van der Waals surface area contributed by atoms with Crippen LogP contribution in [0.15, 0.2) is 10.8 Å². The van der Waals surface area contributed by atoms with Crippen LogP contribution in [0.25, 0.3) is 10.7 Å². The van der Waals surface area contributed by atoms with Crippen LogP contribution in [0, 0.1) is 0 Å². The topological polar surface area (TPSA) is 46.0 Å². The monoisotopic (exact) mass is 240 g/mol. The van der Waals surface area contributed by atoms with Crippen LogP contribution in [0.5, 0.6) is 0 Å². The molecule has 0 aliphatic carbocycles. The maximum Gasteiger partial charge on any atom is 0.143 e. The zero-order valence-corrected chi connectivity index (χ0v) is 10.2. The number of hydrogen-bond acceptors (Lipinski definition) is 5. The minimum Gasteiger partial charge on any atom is -0.390 e. The van der Waals surface area contributed by atoms with Gasteiger partial charge in [-0.1, -0.05) is 13.8 Å². The SMILES string of the molecule is CC(C)c1nc(-c2nc(CO)cs2)cs1. The standard InChI is InChI=1S/C10H12N2OS2/c1-6(2)9-12-8(5-15-9)10-11-7(3-13)4-14-10/h4-6,13H,3H2,1-2H3. The van der Waals surface area contributed by atoms with Gasteiger partial charge in [0.25, 0.3) is 0 Å². The minimum atomic E-state index is -0.00231. The van der Waals surface area contributed by atoms with Crippen molar-refractivity contribution >= 4 is 22.7 Å². The molecule has 15 heavy (non-hydrogen) atoms. The van der Waals surface area contributed by atoms with Crippen molar-refractivity contribution in [3.8, 4) is 10.7 Å². The van der Waals surface area contributed by atoms with Gasteiger partial charge in [-0.05, 0) is 0 Å². The van der Waals surface area contributed by atoms with Gasteiger partial charge in [-0.25, -0.2) is 9.97 Å². The smallest absolute Gasteiger partial charge is 0.143 e. The summed E-state index contributed by atoms with van der Waals surface area (Å²) >= 11 is 3.19. The first-order valence-electron chi connectivity index (χ1n) is 4.71. The number of aliphatic hydroxyl groups is 1. The summed E-state index contributed by atoms with van der Waals surface area (Å²) < 4.78 is 0. The van der Waals surface area contributed by atoms with Gasteiger partial charge in [0.1, 0.15) is 10.7 Å². The van der Waals surface area contributed by atoms with Crippen molar-refractivity contribution in [1.82, 2.24) is 9.97 Å². The molecule has 0 bridgehead atoms. The maximum absolute atomic E-state index is 8.92. The summed E-state index contributed by atoms with van der Waals surface area (Å²) in [5, 5.41) is 14.8. The van der Waals surface area contributed by atoms with Gasteiger partial charge in [-0.2, -0.15) is 0 Å². The molecule has 2 aromatic rings. The quantitative estimate of drug-likeness (QED) is 0.897. The number of rotatable bonds is 3. The summed E-state index contributed by atoms with van der Waals surface area (Å²) in [6.07, 6.45) is 0. The van der Waals surface area contributed by atoms with E-state index >= 15 is 0 Å². The van der Waals surface area contributed by atoms with Gasteiger partial charge in [0.05, 0.1) is 17.3 Å². The molecule has 0 radical (unpaired) electrons. The van der Waals surface area contributed by atoms with Crippen molar-refractivity contribution in [2.75, 3.05) is 0 Å². The third-order valence-corrected chi connectivity index (χ3v) is 4.01. The lowest BCUT2D eigenvalue weighted by Crippen LogP contribution is -1.86. The average molecular weight is 240 g/mol. The van der Waals surface area contributed by atoms with Crippen LogP contribution in [0.4, 0.5) is 0 Å². The highest BCUT2D eigenvalue weighted by Crippen LogP contribution is 2.28. The minimum absolute atomic E-state index is 0.00231. The number of aromatic nitrogens is 2. The molecule has 5 heteroatoms. The van der Waals surface area contributed by atoms with Crippen LogP contribution in [-0.2, 0) is 6.61 Å². The van der Waals surface area contributed by atoms with Crippen molar-refractivity contribution in [3.05, 3.63) is 21.5 Å². The highest BCUT2D eigenvalue weighted by atomic mass is 32.1. The molecule has 0 aliphatic heterocycles. The molecule has 1 N–H and O–H groups in total. The van der Waals surface area contributed by atoms with Crippen molar-refractivity contribution < 1.29 is 5.11 Å². The Balaban J connectivity index is 2.28. The predicted molar refractivity (Wildman–Crippen MR) is 63.2 cm³/mol. The van der Waals surface area contributed by atoms with E-state index in [1.165, 1.54) is 11.3 Å². The summed E-state index contributed by atoms with van der Waals surface area (Å²) in [5.41, 5.74) is 1.64. The molecule has 80 valence electrons. The fourth-order valence-corrected chi connectivity index (χ4v) is 2.81. The van der Waals surface area contributed by atoms with Crippen LogP contribution >= 0.6 is 22.7 Å². The average Bonchev–Trinajstić information content (AvgIpc) is 2.86. The van der Waals surface area contributed by atoms with Gasteiger partial charge >= 0.3 is 0 Å². The number of hydrogen-bond donors (Lipinski definition) is 1. The summed E-state index contributed by atoms with van der Waals surface area (Å²) in [7, 11) is 0. The molecular weight excluding hydrogens is 228 g/mol. The summed E-state index contributed by atoms with van der Waals surface area (Å²) in [5.74, 6) is 0.459. The molecule has 0 aliphatic rings. The van der Waals surface area contributed by atoms with Gasteiger partial charge in [-0.3, -0.25) is 0 Å². The molecule has 0 saturated carbocycles. The first-order chi connectivity index (χ1) is 7.20. The summed E-state index contributed by atoms with van der Waals surface area (Å²) in [4.78, 5) is 8.80. The van der Waals surface area contributed by atoms with Gasteiger partial charge in [-0.15, -0.1) is 22.7 Å². The third-order valence-electron chi connectivity index (χ3n) is 1.95. The highest BCUT2D eigenvalue weighted by Gasteiger charge is 2.10. The Hall–Kier alpha value is -0.780. The fraction of sp³-hybridized carbons (Fsp3) is 0.400. The Labute approximate surface area is 96.5 Å². The van der Waals surface area contributed by atoms with E-state index in [2.05, 4.69) is 23.8 Å². The normalized spacial score (nSPS) is 11.2. The zero-order valence-electron chi connectivity index (χ0n) is 8.60. The maximum atomic E-state index is 8.92. The predicted octanol–water partition coefficient (Wildman–Crippen LogP) is 2.88. The van der Waals surface area contributed by atoms with Crippen molar-refractivity contribution in [1.29, 1.82) is 0 Å². The van der Waals surface area contributed by atoms with Gasteiger partial charge in [0.15, 0.2) is 0 Å². The molecule has 0 amide bonds. The first-order valence-corrected chi connectivity index (χ1v) is 6.47. The first kappa shape index (κ1) is 10.7. The van der Waals surface area contributed by atoms with Crippen molar-refractivity contribution in [3.63, 3.8) is 0 Å². The van der Waals surface area contributed by atoms with Crippen LogP contribution < -0.4 is 0 Å². The van der Waals surface area contributed by atoms with E-state index in [4.69, 9.17) is 5.11 Å². The Morgan fingerprint density at radius 2 is 2.07 bits per heavy atom. The summed E-state index contributed by atoms with van der Waals surface area (Å²) in [6.45, 7) is 4.25. The number of nitrogens with zero attached hydrogens (tertiary/aromatic N) is 2. The summed E-state index contributed by atoms with van der Waals surface area (Å²) in [6, 6.07) is 0. The second-order valence-corrected chi connectivity index (χ2v) is 5.28. The van der Waals surface area contributed by atoms with E-state index < -0.39 is 0 Å². The lowest BCUT2D eigenvalue weighted by Gasteiger charge is -1.95. The molecule has 2 heterocycles. The number of aliphatic hydroxyl groups excluding tert-OH is 1. The van der Waals surface area contributed by atoms with E-state index in [9.17, 15) is 0 Å². The molecule has 2 aromatic heterocycles. The van der Waals surface area contributed by atoms with Crippen LogP contribution in [0.3, 0.4) is 0 Å². The Morgan fingerprint density at radius 3 is 2.60 bits per heavy atom. The Bertz CT molecular complexity index is 448. The molecule has 0 unspecified atom stereocenters. The fourth-order valence-electron chi connectivity index (χ4n) is 1.15. The van der Waals surface area contributed by atoms with E-state index in [1.807, 2.05) is 10.8 Å². The van der Waals surface area contributed by atoms with Crippen molar-refractivity contribution in [2.24, 2.45) is 0 Å². The van der Waals surface area contributed by atoms with Crippen molar-refractivity contribution in [2.45, 2.75) is 26.4 Å². The highest BCUT2D eigenvalue weighted by molar-refractivity contribution is 7.14. The Morgan fingerprint density at radius 1 is 1.27 bits per heavy atom. The molecule has 2 rings (SSSR count). The lowest BCUT2D eigenvalue weighted by molar-refractivity contribution is 0.278. The van der Waals surface area contributed by atoms with Crippen LogP contribution in [0.1, 0.15) is 30.5 Å². The third kappa shape index (κ3) is 2.25. The van der Waals surface area contributed by atoms with E-state index in [1.54, 1.807) is 11.3 Å². The molecule has 0 spiro atoms. The second kappa shape index (κ2) is 4.38. The molecule has 0 atom stereocenters. The van der Waals surface area contributed by atoms with E-state index in [-0.39, 0.29) is 6.61 Å². The zero-order chi connectivity index (χ0) is 10.8. The molecular formula is C10H12N2OS2. The molecule has 0 fully saturated rings. The molecule has 0 saturated heterocycles. The van der Waals surface area contributed by atoms with Gasteiger partial charge in [0, 0.05) is 16.7 Å². The molecule has 0 aromatic carbocycles. The van der Waals surface area contributed by atoms with E-state index in [0.29, 0.717) is 11.6 Å². The van der Waals surface area contributed by atoms with Gasteiger partial charge in [0.2, 0.25) is 0 Å². The van der Waals surface area contributed by atoms with Crippen LogP contribution in [-0.4, -0.2) is 15.1 Å². The van der Waals surface area contributed by atoms with E-state index in [0.717, 1.165) is 15.7 Å². The second-order valence-electron chi connectivity index (χ2n) is 3.53. The Kier molecular flexibility index (Phi) is 3.14. The lowest BCUT2D eigenvalue weighted by atomic mass is 10.2. The largest absolute Gasteiger partial charge is 0.390 e. The van der Waals surface area contributed by atoms with Crippen LogP contribution in [0.2, 0.25) is 0 Å². The van der Waals surface area contributed by atoms with Gasteiger partial charge < -0.3 is 5.11 Å². The number of thiazole rings is 2.